The van der Waals surface area contributed by atoms with Crippen molar-refractivity contribution in [3.8, 4) is 11.4 Å². The highest BCUT2D eigenvalue weighted by Crippen LogP contribution is 2.29. The molecule has 0 spiro atoms. The van der Waals surface area contributed by atoms with Crippen LogP contribution in [0, 0.1) is 5.82 Å². The van der Waals surface area contributed by atoms with Crippen molar-refractivity contribution in [2.45, 2.75) is 51.5 Å². The second-order valence-corrected chi connectivity index (χ2v) is 8.71. The Morgan fingerprint density at radius 3 is 2.78 bits per heavy atom. The van der Waals surface area contributed by atoms with Gasteiger partial charge in [-0.25, -0.2) is 4.39 Å². The van der Waals surface area contributed by atoms with Gasteiger partial charge in [-0.1, -0.05) is 49.3 Å². The molecule has 1 N–H and O–H groups in total. The van der Waals surface area contributed by atoms with Crippen molar-refractivity contribution >= 4 is 11.6 Å². The molecule has 168 valence electrons. The first-order valence-electron chi connectivity index (χ1n) is 11.2. The Kier molecular flexibility index (Phi) is 6.65. The third-order valence-corrected chi connectivity index (χ3v) is 6.09. The molecule has 2 aromatic carbocycles. The van der Waals surface area contributed by atoms with Gasteiger partial charge < -0.3 is 9.84 Å². The largest absolute Gasteiger partial charge is 0.339 e. The van der Waals surface area contributed by atoms with Crippen LogP contribution in [-0.4, -0.2) is 40.1 Å². The quantitative estimate of drug-likeness (QED) is 0.575. The second-order valence-electron chi connectivity index (χ2n) is 8.71. The Morgan fingerprint density at radius 1 is 1.19 bits per heavy atom. The van der Waals surface area contributed by atoms with E-state index >= 15 is 0 Å². The van der Waals surface area contributed by atoms with E-state index in [0.29, 0.717) is 29.7 Å². The average molecular weight is 437 g/mol. The molecule has 2 atom stereocenters. The lowest BCUT2D eigenvalue weighted by atomic mass is 9.96. The number of carbonyl (C=O) groups is 1. The van der Waals surface area contributed by atoms with Crippen LogP contribution in [0.2, 0.25) is 0 Å². The van der Waals surface area contributed by atoms with Crippen molar-refractivity contribution in [1.82, 2.24) is 15.0 Å². The Hall–Kier alpha value is -3.06. The first-order chi connectivity index (χ1) is 15.4. The molecule has 0 bridgehead atoms. The minimum Gasteiger partial charge on any atom is -0.339 e. The highest BCUT2D eigenvalue weighted by Gasteiger charge is 2.31. The number of carbonyl (C=O) groups excluding carboxylic acids is 1. The number of hydrogen-bond acceptors (Lipinski definition) is 5. The molecular formula is C25H29FN4O2. The third kappa shape index (κ3) is 4.88. The zero-order chi connectivity index (χ0) is 22.7. The summed E-state index contributed by atoms with van der Waals surface area (Å²) in [4.78, 5) is 19.7. The number of amides is 1. The molecule has 1 saturated heterocycles. The summed E-state index contributed by atoms with van der Waals surface area (Å²) in [5, 5.41) is 7.15. The first-order valence-corrected chi connectivity index (χ1v) is 11.2. The molecular weight excluding hydrogens is 407 g/mol. The summed E-state index contributed by atoms with van der Waals surface area (Å²) in [7, 11) is 0. The number of rotatable bonds is 6. The number of anilines is 1. The summed E-state index contributed by atoms with van der Waals surface area (Å²) in [6, 6.07) is 13.8. The Bertz CT molecular complexity index is 1080. The Labute approximate surface area is 187 Å². The van der Waals surface area contributed by atoms with E-state index in [0.717, 1.165) is 30.6 Å². The van der Waals surface area contributed by atoms with E-state index < -0.39 is 0 Å². The van der Waals surface area contributed by atoms with Crippen LogP contribution in [0.5, 0.6) is 0 Å². The lowest BCUT2D eigenvalue weighted by molar-refractivity contribution is -0.121. The van der Waals surface area contributed by atoms with Crippen LogP contribution < -0.4 is 5.32 Å². The highest BCUT2D eigenvalue weighted by atomic mass is 19.1. The van der Waals surface area contributed by atoms with Gasteiger partial charge in [-0.2, -0.15) is 4.98 Å². The number of nitrogens with one attached hydrogen (secondary N) is 1. The summed E-state index contributed by atoms with van der Waals surface area (Å²) in [6.45, 7) is 7.66. The van der Waals surface area contributed by atoms with Gasteiger partial charge in [0.15, 0.2) is 0 Å². The fraction of sp³-hybridized carbons (Fsp3) is 0.400. The molecule has 3 aromatic rings. The molecule has 1 fully saturated rings. The topological polar surface area (TPSA) is 71.3 Å². The summed E-state index contributed by atoms with van der Waals surface area (Å²) >= 11 is 0. The van der Waals surface area contributed by atoms with Gasteiger partial charge in [0.05, 0.1) is 12.0 Å². The van der Waals surface area contributed by atoms with E-state index in [1.807, 2.05) is 31.2 Å². The monoisotopic (exact) mass is 436 g/mol. The predicted octanol–water partition coefficient (Wildman–Crippen LogP) is 5.21. The standard InChI is InChI=1S/C25H29FN4O2/c1-16(2)21-11-4-5-12-22(21)27-24(31)17(3)30-13-7-9-19(15-30)25-28-23(29-32-25)18-8-6-10-20(26)14-18/h4-6,8,10-12,14,16-17,19H,7,9,13,15H2,1-3H3,(H,27,31). The smallest absolute Gasteiger partial charge is 0.241 e. The number of piperidine rings is 1. The molecule has 1 aliphatic rings. The number of aromatic nitrogens is 2. The lowest BCUT2D eigenvalue weighted by Gasteiger charge is -2.34. The van der Waals surface area contributed by atoms with E-state index in [9.17, 15) is 9.18 Å². The van der Waals surface area contributed by atoms with Gasteiger partial charge >= 0.3 is 0 Å². The van der Waals surface area contributed by atoms with Crippen LogP contribution in [0.1, 0.15) is 56.9 Å². The highest BCUT2D eigenvalue weighted by molar-refractivity contribution is 5.95. The van der Waals surface area contributed by atoms with Crippen LogP contribution in [-0.2, 0) is 4.79 Å². The molecule has 1 aliphatic heterocycles. The molecule has 32 heavy (non-hydrogen) atoms. The molecule has 2 heterocycles. The van der Waals surface area contributed by atoms with Crippen molar-refractivity contribution in [1.29, 1.82) is 0 Å². The molecule has 2 unspecified atom stereocenters. The van der Waals surface area contributed by atoms with E-state index in [1.54, 1.807) is 12.1 Å². The zero-order valence-corrected chi connectivity index (χ0v) is 18.7. The van der Waals surface area contributed by atoms with E-state index in [-0.39, 0.29) is 23.7 Å². The minimum atomic E-state index is -0.337. The van der Waals surface area contributed by atoms with Crippen molar-refractivity contribution in [2.75, 3.05) is 18.4 Å². The van der Waals surface area contributed by atoms with E-state index in [2.05, 4.69) is 34.2 Å². The van der Waals surface area contributed by atoms with Crippen molar-refractivity contribution in [3.05, 3.63) is 65.8 Å². The number of nitrogens with zero attached hydrogens (tertiary/aromatic N) is 3. The van der Waals surface area contributed by atoms with E-state index in [1.165, 1.54) is 12.1 Å². The zero-order valence-electron chi connectivity index (χ0n) is 18.7. The van der Waals surface area contributed by atoms with E-state index in [4.69, 9.17) is 4.52 Å². The summed E-state index contributed by atoms with van der Waals surface area (Å²) in [5.74, 6) is 0.920. The number of para-hydroxylation sites is 1. The molecule has 4 rings (SSSR count). The van der Waals surface area contributed by atoms with Crippen LogP contribution in [0.3, 0.4) is 0 Å². The van der Waals surface area contributed by atoms with Gasteiger partial charge in [0.1, 0.15) is 5.82 Å². The SMILES string of the molecule is CC(C)c1ccccc1NC(=O)C(C)N1CCCC(c2nc(-c3cccc(F)c3)no2)C1. The molecule has 6 nitrogen and oxygen atoms in total. The minimum absolute atomic E-state index is 0.0234. The normalized spacial score (nSPS) is 18.0. The maximum Gasteiger partial charge on any atom is 0.241 e. The summed E-state index contributed by atoms with van der Waals surface area (Å²) in [5.41, 5.74) is 2.58. The average Bonchev–Trinajstić information content (AvgIpc) is 3.29. The number of benzene rings is 2. The molecule has 0 aliphatic carbocycles. The van der Waals surface area contributed by atoms with Crippen LogP contribution >= 0.6 is 0 Å². The molecule has 0 radical (unpaired) electrons. The summed E-state index contributed by atoms with van der Waals surface area (Å²) in [6.07, 6.45) is 1.84. The lowest BCUT2D eigenvalue weighted by Crippen LogP contribution is -2.46. The predicted molar refractivity (Wildman–Crippen MR) is 122 cm³/mol. The van der Waals surface area contributed by atoms with Gasteiger partial charge in [0.25, 0.3) is 0 Å². The fourth-order valence-electron chi connectivity index (χ4n) is 4.22. The van der Waals surface area contributed by atoms with Gasteiger partial charge in [0.2, 0.25) is 17.6 Å². The Balaban J connectivity index is 1.43. The maximum absolute atomic E-state index is 13.5. The van der Waals surface area contributed by atoms with Crippen LogP contribution in [0.4, 0.5) is 10.1 Å². The fourth-order valence-corrected chi connectivity index (χ4v) is 4.22. The Morgan fingerprint density at radius 2 is 2.00 bits per heavy atom. The van der Waals surface area contributed by atoms with Gasteiger partial charge in [-0.15, -0.1) is 0 Å². The van der Waals surface area contributed by atoms with Crippen molar-refractivity contribution in [2.24, 2.45) is 0 Å². The second kappa shape index (κ2) is 9.61. The van der Waals surface area contributed by atoms with Crippen molar-refractivity contribution < 1.29 is 13.7 Å². The number of likely N-dealkylation sites (tertiary alicyclic amines) is 1. The van der Waals surface area contributed by atoms with Gasteiger partial charge in [-0.3, -0.25) is 9.69 Å². The molecule has 0 saturated carbocycles. The number of halogens is 1. The van der Waals surface area contributed by atoms with Crippen molar-refractivity contribution in [3.63, 3.8) is 0 Å². The van der Waals surface area contributed by atoms with Gasteiger partial charge in [0, 0.05) is 17.8 Å². The van der Waals surface area contributed by atoms with Gasteiger partial charge in [-0.05, 0) is 56.0 Å². The molecule has 1 aromatic heterocycles. The summed E-state index contributed by atoms with van der Waals surface area (Å²) < 4.78 is 19.0. The maximum atomic E-state index is 13.5. The van der Waals surface area contributed by atoms with Crippen LogP contribution in [0.25, 0.3) is 11.4 Å². The number of hydrogen-bond donors (Lipinski definition) is 1. The molecule has 7 heteroatoms. The third-order valence-electron chi connectivity index (χ3n) is 6.09. The van der Waals surface area contributed by atoms with Crippen LogP contribution in [0.15, 0.2) is 53.1 Å². The molecule has 1 amide bonds. The first kappa shape index (κ1) is 22.1.